The van der Waals surface area contributed by atoms with Gasteiger partial charge in [-0.25, -0.2) is 0 Å². The Labute approximate surface area is 213 Å². The van der Waals surface area contributed by atoms with Gasteiger partial charge in [0.2, 0.25) is 0 Å². The molecular formula is C27H25BrN4OS. The van der Waals surface area contributed by atoms with Crippen LogP contribution in [0.4, 0.5) is 5.69 Å². The van der Waals surface area contributed by atoms with Gasteiger partial charge in [0.25, 0.3) is 0 Å². The lowest BCUT2D eigenvalue weighted by atomic mass is 10.0. The molecule has 5 nitrogen and oxygen atoms in total. The summed E-state index contributed by atoms with van der Waals surface area (Å²) in [6.45, 7) is 4.05. The number of anilines is 1. The molecule has 3 heterocycles. The smallest absolute Gasteiger partial charge is 0.174 e. The molecule has 0 radical (unpaired) electrons. The van der Waals surface area contributed by atoms with Crippen LogP contribution < -0.4 is 15.0 Å². The third-order valence-corrected chi connectivity index (χ3v) is 6.62. The van der Waals surface area contributed by atoms with E-state index < -0.39 is 0 Å². The van der Waals surface area contributed by atoms with Gasteiger partial charge in [0.1, 0.15) is 11.8 Å². The largest absolute Gasteiger partial charge is 0.491 e. The minimum absolute atomic E-state index is 0.0992. The molecule has 5 rings (SSSR count). The number of thiocarbonyl (C=S) groups is 1. The Balaban J connectivity index is 1.60. The second kappa shape index (κ2) is 9.60. The maximum absolute atomic E-state index is 5.87. The van der Waals surface area contributed by atoms with Crippen molar-refractivity contribution in [1.82, 2.24) is 14.9 Å². The van der Waals surface area contributed by atoms with Gasteiger partial charge in [-0.05, 0) is 98.9 Å². The van der Waals surface area contributed by atoms with Crippen molar-refractivity contribution in [2.24, 2.45) is 0 Å². The van der Waals surface area contributed by atoms with E-state index in [2.05, 4.69) is 90.4 Å². The van der Waals surface area contributed by atoms with Gasteiger partial charge in [0.15, 0.2) is 5.11 Å². The van der Waals surface area contributed by atoms with Gasteiger partial charge in [-0.15, -0.1) is 0 Å². The summed E-state index contributed by atoms with van der Waals surface area (Å²) in [5.41, 5.74) is 4.15. The predicted molar refractivity (Wildman–Crippen MR) is 144 cm³/mol. The van der Waals surface area contributed by atoms with Crippen molar-refractivity contribution < 1.29 is 4.74 Å². The third-order valence-electron chi connectivity index (χ3n) is 5.77. The second-order valence-electron chi connectivity index (χ2n) is 8.44. The van der Waals surface area contributed by atoms with Gasteiger partial charge in [0, 0.05) is 33.9 Å². The fraction of sp³-hybridized carbons (Fsp3) is 0.185. The summed E-state index contributed by atoms with van der Waals surface area (Å²) in [5.74, 6) is 0.841. The molecule has 1 fully saturated rings. The third kappa shape index (κ3) is 4.45. The average molecular weight is 533 g/mol. The van der Waals surface area contributed by atoms with Crippen molar-refractivity contribution in [3.63, 3.8) is 0 Å². The summed E-state index contributed by atoms with van der Waals surface area (Å²) >= 11 is 9.41. The summed E-state index contributed by atoms with van der Waals surface area (Å²) in [7, 11) is 0. The summed E-state index contributed by atoms with van der Waals surface area (Å²) in [6.07, 6.45) is 4.04. The molecule has 1 aliphatic heterocycles. The molecule has 2 atom stereocenters. The molecular weight excluding hydrogens is 508 g/mol. The van der Waals surface area contributed by atoms with E-state index in [1.54, 1.807) is 0 Å². The molecule has 0 amide bonds. The van der Waals surface area contributed by atoms with Crippen molar-refractivity contribution in [2.45, 2.75) is 32.0 Å². The van der Waals surface area contributed by atoms with Crippen LogP contribution in [0, 0.1) is 0 Å². The van der Waals surface area contributed by atoms with Crippen LogP contribution in [-0.4, -0.2) is 20.8 Å². The highest BCUT2D eigenvalue weighted by Crippen LogP contribution is 2.42. The van der Waals surface area contributed by atoms with Gasteiger partial charge in [-0.2, -0.15) is 0 Å². The zero-order valence-corrected chi connectivity index (χ0v) is 21.3. The number of hydrogen-bond acceptors (Lipinski definition) is 3. The quantitative estimate of drug-likeness (QED) is 0.283. The average Bonchev–Trinajstić information content (AvgIpc) is 3.45. The first-order chi connectivity index (χ1) is 16.5. The maximum atomic E-state index is 5.87. The van der Waals surface area contributed by atoms with Crippen molar-refractivity contribution in [3.05, 3.63) is 107 Å². The van der Waals surface area contributed by atoms with Crippen LogP contribution in [-0.2, 0) is 0 Å². The van der Waals surface area contributed by atoms with Crippen molar-refractivity contribution in [3.8, 4) is 11.4 Å². The van der Waals surface area contributed by atoms with Crippen LogP contribution in [0.1, 0.15) is 37.3 Å². The van der Waals surface area contributed by atoms with E-state index in [1.807, 2.05) is 50.4 Å². The molecule has 2 aromatic carbocycles. The maximum Gasteiger partial charge on any atom is 0.174 e. The molecule has 172 valence electrons. The van der Waals surface area contributed by atoms with E-state index in [9.17, 15) is 0 Å². The van der Waals surface area contributed by atoms with Crippen molar-refractivity contribution in [2.75, 3.05) is 4.90 Å². The van der Waals surface area contributed by atoms with Crippen LogP contribution in [0.25, 0.3) is 5.69 Å². The van der Waals surface area contributed by atoms with Crippen LogP contribution in [0.15, 0.2) is 95.7 Å². The Morgan fingerprint density at radius 1 is 0.941 bits per heavy atom. The van der Waals surface area contributed by atoms with E-state index in [1.165, 1.54) is 0 Å². The van der Waals surface area contributed by atoms with Crippen LogP contribution in [0.3, 0.4) is 0 Å². The molecule has 1 aliphatic rings. The Morgan fingerprint density at radius 2 is 1.68 bits per heavy atom. The minimum atomic E-state index is -0.107. The molecule has 0 bridgehead atoms. The number of benzene rings is 2. The summed E-state index contributed by atoms with van der Waals surface area (Å²) in [6, 6.07) is 26.4. The lowest BCUT2D eigenvalue weighted by Gasteiger charge is -2.29. The molecule has 0 aliphatic carbocycles. The highest BCUT2D eigenvalue weighted by Gasteiger charge is 2.42. The van der Waals surface area contributed by atoms with E-state index in [0.29, 0.717) is 5.11 Å². The van der Waals surface area contributed by atoms with Gasteiger partial charge in [-0.3, -0.25) is 4.98 Å². The first-order valence-electron chi connectivity index (χ1n) is 11.2. The molecule has 4 aromatic rings. The minimum Gasteiger partial charge on any atom is -0.491 e. The first-order valence-corrected chi connectivity index (χ1v) is 12.4. The zero-order chi connectivity index (χ0) is 23.7. The number of nitrogens with one attached hydrogen (secondary N) is 1. The lowest BCUT2D eigenvalue weighted by molar-refractivity contribution is 0.242. The van der Waals surface area contributed by atoms with Gasteiger partial charge in [-0.1, -0.05) is 22.0 Å². The number of aromatic nitrogens is 2. The monoisotopic (exact) mass is 532 g/mol. The van der Waals surface area contributed by atoms with Crippen LogP contribution in [0.2, 0.25) is 0 Å². The molecule has 1 N–H and O–H groups in total. The number of pyridine rings is 1. The van der Waals surface area contributed by atoms with E-state index in [0.717, 1.165) is 33.0 Å². The van der Waals surface area contributed by atoms with Crippen molar-refractivity contribution >= 4 is 38.9 Å². The zero-order valence-electron chi connectivity index (χ0n) is 18.9. The molecule has 0 saturated carbocycles. The topological polar surface area (TPSA) is 42.3 Å². The Bertz CT molecular complexity index is 1270. The van der Waals surface area contributed by atoms with E-state index in [4.69, 9.17) is 17.0 Å². The van der Waals surface area contributed by atoms with Crippen LogP contribution >= 0.6 is 28.1 Å². The lowest BCUT2D eigenvalue weighted by Crippen LogP contribution is -2.30. The number of rotatable bonds is 6. The fourth-order valence-corrected chi connectivity index (χ4v) is 4.97. The van der Waals surface area contributed by atoms with E-state index in [-0.39, 0.29) is 18.2 Å². The number of ether oxygens (including phenoxy) is 1. The normalized spacial score (nSPS) is 17.8. The fourth-order valence-electron chi connectivity index (χ4n) is 4.36. The van der Waals surface area contributed by atoms with Gasteiger partial charge < -0.3 is 19.5 Å². The summed E-state index contributed by atoms with van der Waals surface area (Å²) < 4.78 is 9.11. The number of nitrogens with zero attached hydrogens (tertiary/aromatic N) is 3. The van der Waals surface area contributed by atoms with Gasteiger partial charge >= 0.3 is 0 Å². The van der Waals surface area contributed by atoms with Crippen molar-refractivity contribution in [1.29, 1.82) is 0 Å². The first kappa shape index (κ1) is 22.6. The Hall–Kier alpha value is -3.16. The predicted octanol–water partition coefficient (Wildman–Crippen LogP) is 6.60. The van der Waals surface area contributed by atoms with E-state index >= 15 is 0 Å². The molecule has 0 spiro atoms. The van der Waals surface area contributed by atoms with Crippen LogP contribution in [0.5, 0.6) is 5.75 Å². The molecule has 2 aromatic heterocycles. The highest BCUT2D eigenvalue weighted by atomic mass is 79.9. The second-order valence-corrected chi connectivity index (χ2v) is 9.74. The standard InChI is InChI=1S/C27H25BrN4OS/c1-18(2)33-22-14-12-21(13-15-22)32-26(25(30-27(32)34)23-6-3-4-16-29-23)24-7-5-17-31(24)20-10-8-19(28)9-11-20/h3-18,25-26H,1-2H3,(H,30,34)/t25-,26-/m1/s1. The molecule has 34 heavy (non-hydrogen) atoms. The molecule has 1 saturated heterocycles. The summed E-state index contributed by atoms with van der Waals surface area (Å²) in [5, 5.41) is 4.20. The Morgan fingerprint density at radius 3 is 2.35 bits per heavy atom. The summed E-state index contributed by atoms with van der Waals surface area (Å²) in [4.78, 5) is 6.84. The number of halogens is 1. The molecule has 0 unspecified atom stereocenters. The highest BCUT2D eigenvalue weighted by molar-refractivity contribution is 9.10. The Kier molecular flexibility index (Phi) is 6.39. The number of hydrogen-bond donors (Lipinski definition) is 1. The SMILES string of the molecule is CC(C)Oc1ccc(N2C(=S)N[C@H](c3ccccn3)[C@H]2c2cccn2-c2ccc(Br)cc2)cc1. The van der Waals surface area contributed by atoms with Gasteiger partial charge in [0.05, 0.1) is 17.8 Å². The molecule has 7 heteroatoms.